The predicted molar refractivity (Wildman–Crippen MR) is 111 cm³/mol. The Balaban J connectivity index is 1.71. The van der Waals surface area contributed by atoms with Gasteiger partial charge < -0.3 is 4.74 Å². The Hall–Kier alpha value is -0.960. The summed E-state index contributed by atoms with van der Waals surface area (Å²) in [5.74, 6) is 0. The zero-order valence-corrected chi connectivity index (χ0v) is 16.9. The van der Waals surface area contributed by atoms with Crippen molar-refractivity contribution in [1.29, 1.82) is 0 Å². The molecule has 0 bridgehead atoms. The van der Waals surface area contributed by atoms with Crippen molar-refractivity contribution in [1.82, 2.24) is 0 Å². The van der Waals surface area contributed by atoms with Crippen LogP contribution < -0.4 is 0 Å². The van der Waals surface area contributed by atoms with E-state index in [1.54, 1.807) is 12.1 Å². The second kappa shape index (κ2) is 7.22. The summed E-state index contributed by atoms with van der Waals surface area (Å²) >= 11 is 24.7. The van der Waals surface area contributed by atoms with Crippen LogP contribution in [0.3, 0.4) is 0 Å². The maximum absolute atomic E-state index is 6.35. The van der Waals surface area contributed by atoms with E-state index in [4.69, 9.17) is 51.1 Å². The van der Waals surface area contributed by atoms with E-state index in [0.717, 1.165) is 30.4 Å². The molecule has 0 aromatic heterocycles. The molecule has 2 aromatic carbocycles. The van der Waals surface area contributed by atoms with Gasteiger partial charge in [0.25, 0.3) is 0 Å². The molecule has 1 saturated carbocycles. The fourth-order valence-corrected chi connectivity index (χ4v) is 4.44. The molecule has 4 rings (SSSR count). The van der Waals surface area contributed by atoms with Crippen LogP contribution in [-0.4, -0.2) is 12.2 Å². The van der Waals surface area contributed by atoms with Gasteiger partial charge in [-0.2, -0.15) is 0 Å². The second-order valence-corrected chi connectivity index (χ2v) is 8.33. The minimum Gasteiger partial charge on any atom is -0.360 e. The van der Waals surface area contributed by atoms with Gasteiger partial charge >= 0.3 is 0 Å². The molecule has 1 aliphatic carbocycles. The van der Waals surface area contributed by atoms with Crippen LogP contribution in [0.5, 0.6) is 0 Å². The summed E-state index contributed by atoms with van der Waals surface area (Å²) in [6, 6.07) is 11.1. The van der Waals surface area contributed by atoms with Crippen molar-refractivity contribution in [2.45, 2.75) is 24.9 Å². The number of benzene rings is 2. The largest absolute Gasteiger partial charge is 0.360 e. The number of hydrogen-bond acceptors (Lipinski definition) is 1. The minimum absolute atomic E-state index is 0.315. The molecule has 0 N–H and O–H groups in total. The fourth-order valence-electron chi connectivity index (χ4n) is 3.51. The Bertz CT molecular complexity index is 854. The van der Waals surface area contributed by atoms with E-state index in [1.165, 1.54) is 11.1 Å². The Morgan fingerprint density at radius 1 is 0.769 bits per heavy atom. The molecule has 1 spiro atoms. The van der Waals surface area contributed by atoms with Gasteiger partial charge in [0, 0.05) is 20.1 Å². The third kappa shape index (κ3) is 3.56. The first kappa shape index (κ1) is 18.4. The van der Waals surface area contributed by atoms with Crippen molar-refractivity contribution < 1.29 is 4.74 Å². The second-order valence-electron chi connectivity index (χ2n) is 6.64. The quantitative estimate of drug-likeness (QED) is 0.448. The van der Waals surface area contributed by atoms with Gasteiger partial charge in [0.2, 0.25) is 0 Å². The molecule has 1 heterocycles. The first-order chi connectivity index (χ1) is 12.5. The molecule has 26 heavy (non-hydrogen) atoms. The molecule has 134 valence electrons. The number of rotatable bonds is 2. The first-order valence-electron chi connectivity index (χ1n) is 8.44. The van der Waals surface area contributed by atoms with Crippen molar-refractivity contribution in [2.24, 2.45) is 0 Å². The molecule has 1 aliphatic heterocycles. The molecule has 0 radical (unpaired) electrons. The Morgan fingerprint density at radius 3 is 1.62 bits per heavy atom. The van der Waals surface area contributed by atoms with Crippen molar-refractivity contribution in [3.8, 4) is 0 Å². The van der Waals surface area contributed by atoms with Gasteiger partial charge in [-0.15, -0.1) is 0 Å². The zero-order chi connectivity index (χ0) is 18.3. The van der Waals surface area contributed by atoms with Gasteiger partial charge in [0.05, 0.1) is 6.61 Å². The summed E-state index contributed by atoms with van der Waals surface area (Å²) in [7, 11) is 0. The number of epoxide rings is 1. The first-order valence-corrected chi connectivity index (χ1v) is 9.95. The summed E-state index contributed by atoms with van der Waals surface area (Å²) in [6.07, 6.45) is 7.33. The lowest BCUT2D eigenvalue weighted by Gasteiger charge is -2.26. The van der Waals surface area contributed by atoms with Crippen LogP contribution in [0.15, 0.2) is 47.5 Å². The minimum atomic E-state index is -0.315. The van der Waals surface area contributed by atoms with E-state index >= 15 is 0 Å². The highest BCUT2D eigenvalue weighted by Crippen LogP contribution is 2.51. The molecular weight excluding hydrogens is 410 g/mol. The Morgan fingerprint density at radius 2 is 1.23 bits per heavy atom. The van der Waals surface area contributed by atoms with Crippen LogP contribution in [0.2, 0.25) is 20.1 Å². The van der Waals surface area contributed by atoms with Crippen molar-refractivity contribution >= 4 is 58.6 Å². The van der Waals surface area contributed by atoms with Crippen LogP contribution in [0.25, 0.3) is 12.2 Å². The smallest absolute Gasteiger partial charge is 0.134 e. The lowest BCUT2D eigenvalue weighted by Crippen LogP contribution is -2.22. The van der Waals surface area contributed by atoms with Gasteiger partial charge in [-0.25, -0.2) is 0 Å². The van der Waals surface area contributed by atoms with E-state index < -0.39 is 0 Å². The molecule has 2 aliphatic rings. The average Bonchev–Trinajstić information content (AvgIpc) is 3.37. The van der Waals surface area contributed by atoms with Crippen molar-refractivity contribution in [3.63, 3.8) is 0 Å². The normalized spacial score (nSPS) is 21.5. The van der Waals surface area contributed by atoms with E-state index in [2.05, 4.69) is 12.2 Å². The number of ether oxygens (including phenoxy) is 1. The van der Waals surface area contributed by atoms with E-state index in [9.17, 15) is 0 Å². The predicted octanol–water partition coefficient (Wildman–Crippen LogP) is 7.72. The zero-order valence-electron chi connectivity index (χ0n) is 13.9. The average molecular weight is 426 g/mol. The van der Waals surface area contributed by atoms with Gasteiger partial charge in [-0.3, -0.25) is 0 Å². The topological polar surface area (TPSA) is 12.5 Å². The van der Waals surface area contributed by atoms with Gasteiger partial charge in [-0.1, -0.05) is 70.7 Å². The van der Waals surface area contributed by atoms with E-state index in [-0.39, 0.29) is 5.60 Å². The van der Waals surface area contributed by atoms with Gasteiger partial charge in [-0.05, 0) is 65.8 Å². The fraction of sp³-hybridized carbons (Fsp3) is 0.238. The monoisotopic (exact) mass is 424 g/mol. The molecule has 1 saturated heterocycles. The summed E-state index contributed by atoms with van der Waals surface area (Å²) in [6.45, 7) is 0.696. The maximum atomic E-state index is 6.35. The van der Waals surface area contributed by atoms with Crippen molar-refractivity contribution in [3.05, 3.63) is 78.8 Å². The van der Waals surface area contributed by atoms with Crippen molar-refractivity contribution in [2.75, 3.05) is 6.61 Å². The van der Waals surface area contributed by atoms with E-state index in [0.29, 0.717) is 26.7 Å². The molecule has 5 heteroatoms. The molecule has 0 amide bonds. The van der Waals surface area contributed by atoms with Crippen LogP contribution in [0.1, 0.15) is 30.4 Å². The molecule has 1 nitrogen and oxygen atoms in total. The third-order valence-electron chi connectivity index (χ3n) is 4.95. The standard InChI is InChI=1S/C21H16Cl4O/c22-17-6-4-13(19(24)10-17)8-15-2-1-3-16(21(15)12-26-21)9-14-5-7-18(23)11-20(14)25/h4-11H,1-3,12H2/b15-8+,16-9+. The molecular formula is C21H16Cl4O. The van der Waals surface area contributed by atoms with Crippen LogP contribution in [0.4, 0.5) is 0 Å². The molecule has 2 fully saturated rings. The highest BCUT2D eigenvalue weighted by Gasteiger charge is 2.52. The lowest BCUT2D eigenvalue weighted by molar-refractivity contribution is 0.349. The summed E-state index contributed by atoms with van der Waals surface area (Å²) in [5.41, 5.74) is 4.12. The van der Waals surface area contributed by atoms with Crippen LogP contribution >= 0.6 is 46.4 Å². The number of halogens is 4. The lowest BCUT2D eigenvalue weighted by atomic mass is 9.78. The maximum Gasteiger partial charge on any atom is 0.134 e. The Labute approximate surface area is 173 Å². The number of hydrogen-bond donors (Lipinski definition) is 0. The summed E-state index contributed by atoms with van der Waals surface area (Å²) < 4.78 is 5.96. The summed E-state index contributed by atoms with van der Waals surface area (Å²) in [5, 5.41) is 2.57. The highest BCUT2D eigenvalue weighted by atomic mass is 35.5. The van der Waals surface area contributed by atoms with Gasteiger partial charge in [0.1, 0.15) is 5.60 Å². The SMILES string of the molecule is Clc1ccc(/C=C2\CCC/C(=C\c3ccc(Cl)cc3Cl)C23CO3)c(Cl)c1. The van der Waals surface area contributed by atoms with E-state index in [1.807, 2.05) is 24.3 Å². The molecule has 0 unspecified atom stereocenters. The van der Waals surface area contributed by atoms with Crippen LogP contribution in [-0.2, 0) is 4.74 Å². The summed E-state index contributed by atoms with van der Waals surface area (Å²) in [4.78, 5) is 0. The van der Waals surface area contributed by atoms with Crippen LogP contribution in [0, 0.1) is 0 Å². The third-order valence-corrected chi connectivity index (χ3v) is 6.07. The van der Waals surface area contributed by atoms with Gasteiger partial charge in [0.15, 0.2) is 0 Å². The highest BCUT2D eigenvalue weighted by molar-refractivity contribution is 6.36. The Kier molecular flexibility index (Phi) is 5.11. The molecule has 0 atom stereocenters. The molecule has 2 aromatic rings.